The van der Waals surface area contributed by atoms with Crippen molar-refractivity contribution in [1.29, 1.82) is 0 Å². The highest BCUT2D eigenvalue weighted by atomic mass is 15.0. The number of nitrogens with zero attached hydrogens (tertiary/aromatic N) is 2. The van der Waals surface area contributed by atoms with Gasteiger partial charge in [0.05, 0.1) is 11.0 Å². The Morgan fingerprint density at radius 3 is 2.50 bits per heavy atom. The first-order valence-corrected chi connectivity index (χ1v) is 8.24. The van der Waals surface area contributed by atoms with Gasteiger partial charge < -0.3 is 5.73 Å². The van der Waals surface area contributed by atoms with E-state index in [1.807, 2.05) is 6.20 Å². The number of nitrogens with two attached hydrogens (primary N) is 1. The molecule has 1 aromatic carbocycles. The van der Waals surface area contributed by atoms with Crippen LogP contribution in [0.4, 0.5) is 0 Å². The molecule has 3 nitrogen and oxygen atoms in total. The number of hydrogen-bond donors (Lipinski definition) is 1. The van der Waals surface area contributed by atoms with Crippen LogP contribution >= 0.6 is 0 Å². The highest BCUT2D eigenvalue weighted by molar-refractivity contribution is 5.96. The molecule has 3 heteroatoms. The summed E-state index contributed by atoms with van der Waals surface area (Å²) in [7, 11) is 0. The van der Waals surface area contributed by atoms with E-state index in [9.17, 15) is 0 Å². The summed E-state index contributed by atoms with van der Waals surface area (Å²) in [6, 6.07) is 4.54. The third-order valence-electron chi connectivity index (χ3n) is 4.71. The van der Waals surface area contributed by atoms with Gasteiger partial charge >= 0.3 is 0 Å². The van der Waals surface area contributed by atoms with Gasteiger partial charge in [0, 0.05) is 11.6 Å². The molecule has 0 aliphatic heterocycles. The Morgan fingerprint density at radius 1 is 1.09 bits per heavy atom. The Bertz CT molecular complexity index is 843. The summed E-state index contributed by atoms with van der Waals surface area (Å²) in [4.78, 5) is 4.56. The molecule has 3 rings (SSSR count). The molecule has 0 atom stereocenters. The molecule has 22 heavy (non-hydrogen) atoms. The fourth-order valence-electron chi connectivity index (χ4n) is 3.76. The van der Waals surface area contributed by atoms with Gasteiger partial charge in [-0.1, -0.05) is 19.9 Å². The van der Waals surface area contributed by atoms with Gasteiger partial charge in [0.2, 0.25) is 0 Å². The van der Waals surface area contributed by atoms with Crippen LogP contribution in [0.2, 0.25) is 0 Å². The first kappa shape index (κ1) is 15.0. The van der Waals surface area contributed by atoms with Crippen molar-refractivity contribution in [3.63, 3.8) is 0 Å². The van der Waals surface area contributed by atoms with E-state index in [0.717, 1.165) is 25.1 Å². The maximum absolute atomic E-state index is 5.93. The van der Waals surface area contributed by atoms with Gasteiger partial charge in [0.15, 0.2) is 0 Å². The summed E-state index contributed by atoms with van der Waals surface area (Å²) in [5.41, 5.74) is 14.1. The molecule has 2 heterocycles. The van der Waals surface area contributed by atoms with Crippen LogP contribution in [0.1, 0.15) is 41.9 Å². The van der Waals surface area contributed by atoms with Crippen LogP contribution in [0.15, 0.2) is 18.3 Å². The van der Waals surface area contributed by atoms with Crippen molar-refractivity contribution in [3.05, 3.63) is 46.4 Å². The molecule has 3 aromatic rings. The fraction of sp³-hybridized carbons (Fsp3) is 0.421. The Labute approximate surface area is 132 Å². The van der Waals surface area contributed by atoms with Gasteiger partial charge in [-0.15, -0.1) is 0 Å². The number of aryl methyl sites for hydroxylation is 4. The smallest absolute Gasteiger partial charge is 0.110 e. The van der Waals surface area contributed by atoms with E-state index in [1.165, 1.54) is 38.7 Å². The molecular weight excluding hydrogens is 270 g/mol. The highest BCUT2D eigenvalue weighted by Gasteiger charge is 2.18. The summed E-state index contributed by atoms with van der Waals surface area (Å²) in [6.07, 6.45) is 5.03. The minimum Gasteiger partial charge on any atom is -0.330 e. The standard InChI is InChI=1S/C19H25N3/c1-5-14-7-8-17-18(15(14)6-2)16(9-10-20)19-12(3)11-21-13(4)22(17)19/h7-8,11H,5-6,9-10,20H2,1-4H3. The lowest BCUT2D eigenvalue weighted by Crippen LogP contribution is -2.04. The first-order chi connectivity index (χ1) is 10.6. The van der Waals surface area contributed by atoms with Crippen molar-refractivity contribution >= 4 is 16.4 Å². The maximum Gasteiger partial charge on any atom is 0.110 e. The molecule has 2 aromatic heterocycles. The van der Waals surface area contributed by atoms with Crippen LogP contribution in [0.3, 0.4) is 0 Å². The van der Waals surface area contributed by atoms with E-state index >= 15 is 0 Å². The molecule has 0 amide bonds. The molecule has 0 radical (unpaired) electrons. The zero-order valence-electron chi connectivity index (χ0n) is 14.0. The summed E-state index contributed by atoms with van der Waals surface area (Å²) < 4.78 is 2.31. The molecule has 116 valence electrons. The molecule has 0 saturated carbocycles. The van der Waals surface area contributed by atoms with Crippen molar-refractivity contribution in [2.75, 3.05) is 6.54 Å². The first-order valence-electron chi connectivity index (χ1n) is 8.24. The van der Waals surface area contributed by atoms with Gasteiger partial charge in [0.25, 0.3) is 0 Å². The number of benzene rings is 1. The monoisotopic (exact) mass is 295 g/mol. The molecule has 0 spiro atoms. The van der Waals surface area contributed by atoms with E-state index < -0.39 is 0 Å². The average molecular weight is 295 g/mol. The summed E-state index contributed by atoms with van der Waals surface area (Å²) in [5.74, 6) is 1.04. The zero-order chi connectivity index (χ0) is 15.9. The van der Waals surface area contributed by atoms with Gasteiger partial charge in [-0.3, -0.25) is 4.40 Å². The normalized spacial score (nSPS) is 11.7. The summed E-state index contributed by atoms with van der Waals surface area (Å²) >= 11 is 0. The lowest BCUT2D eigenvalue weighted by molar-refractivity contribution is 0.963. The van der Waals surface area contributed by atoms with E-state index in [4.69, 9.17) is 5.73 Å². The van der Waals surface area contributed by atoms with Crippen LogP contribution in [0.5, 0.6) is 0 Å². The van der Waals surface area contributed by atoms with Crippen molar-refractivity contribution in [2.24, 2.45) is 5.73 Å². The Hall–Kier alpha value is -1.87. The van der Waals surface area contributed by atoms with E-state index in [-0.39, 0.29) is 0 Å². The third kappa shape index (κ3) is 2.03. The largest absolute Gasteiger partial charge is 0.330 e. The second-order valence-corrected chi connectivity index (χ2v) is 5.99. The molecule has 0 saturated heterocycles. The summed E-state index contributed by atoms with van der Waals surface area (Å²) in [5, 5.41) is 1.41. The van der Waals surface area contributed by atoms with E-state index in [0.29, 0.717) is 6.54 Å². The molecule has 0 fully saturated rings. The molecule has 0 bridgehead atoms. The second-order valence-electron chi connectivity index (χ2n) is 5.99. The van der Waals surface area contributed by atoms with E-state index in [2.05, 4.69) is 49.2 Å². The average Bonchev–Trinajstić information content (AvgIpc) is 2.86. The number of fused-ring (bicyclic) bond motifs is 3. The van der Waals surface area contributed by atoms with Crippen LogP contribution in [0, 0.1) is 13.8 Å². The van der Waals surface area contributed by atoms with Crippen LogP contribution in [0.25, 0.3) is 16.4 Å². The van der Waals surface area contributed by atoms with Crippen molar-refractivity contribution in [3.8, 4) is 0 Å². The van der Waals surface area contributed by atoms with Gasteiger partial charge in [-0.25, -0.2) is 4.98 Å². The predicted molar refractivity (Wildman–Crippen MR) is 93.7 cm³/mol. The lowest BCUT2D eigenvalue weighted by atomic mass is 9.95. The summed E-state index contributed by atoms with van der Waals surface area (Å²) in [6.45, 7) is 9.39. The third-order valence-corrected chi connectivity index (χ3v) is 4.71. The minimum absolute atomic E-state index is 0.676. The fourth-order valence-corrected chi connectivity index (χ4v) is 3.76. The van der Waals surface area contributed by atoms with E-state index in [1.54, 1.807) is 0 Å². The SMILES string of the molecule is CCc1ccc2c(c1CC)c(CCN)c1c(C)cnc(C)n12. The molecule has 0 unspecified atom stereocenters. The molecular formula is C19H25N3. The zero-order valence-corrected chi connectivity index (χ0v) is 14.0. The Balaban J connectivity index is 2.59. The minimum atomic E-state index is 0.676. The van der Waals surface area contributed by atoms with Crippen molar-refractivity contribution < 1.29 is 0 Å². The molecule has 0 aliphatic carbocycles. The van der Waals surface area contributed by atoms with Gasteiger partial charge in [-0.2, -0.15) is 0 Å². The van der Waals surface area contributed by atoms with Gasteiger partial charge in [-0.05, 0) is 68.0 Å². The van der Waals surface area contributed by atoms with Crippen molar-refractivity contribution in [1.82, 2.24) is 9.38 Å². The topological polar surface area (TPSA) is 43.3 Å². The quantitative estimate of drug-likeness (QED) is 0.797. The number of aromatic nitrogens is 2. The van der Waals surface area contributed by atoms with Crippen LogP contribution < -0.4 is 5.73 Å². The van der Waals surface area contributed by atoms with Gasteiger partial charge in [0.1, 0.15) is 5.82 Å². The molecule has 0 aliphatic rings. The number of hydrogen-bond acceptors (Lipinski definition) is 2. The Morgan fingerprint density at radius 2 is 1.86 bits per heavy atom. The van der Waals surface area contributed by atoms with Crippen LogP contribution in [-0.2, 0) is 19.3 Å². The second kappa shape index (κ2) is 5.73. The Kier molecular flexibility index (Phi) is 3.92. The number of rotatable bonds is 4. The van der Waals surface area contributed by atoms with Crippen LogP contribution in [-0.4, -0.2) is 15.9 Å². The highest BCUT2D eigenvalue weighted by Crippen LogP contribution is 2.34. The maximum atomic E-state index is 5.93. The lowest BCUT2D eigenvalue weighted by Gasteiger charge is -2.09. The van der Waals surface area contributed by atoms with Crippen molar-refractivity contribution in [2.45, 2.75) is 47.0 Å². The predicted octanol–water partition coefficient (Wildman–Crippen LogP) is 3.73. The molecule has 2 N–H and O–H groups in total.